The second-order valence-corrected chi connectivity index (χ2v) is 6.59. The normalized spacial score (nSPS) is 30.7. The average molecular weight is 263 g/mol. The molecule has 0 aromatic heterocycles. The second kappa shape index (κ2) is 6.72. The molecule has 2 saturated carbocycles. The van der Waals surface area contributed by atoms with Gasteiger partial charge >= 0.3 is 0 Å². The highest BCUT2D eigenvalue weighted by molar-refractivity contribution is 5.14. The molecule has 0 spiro atoms. The van der Waals surface area contributed by atoms with E-state index >= 15 is 0 Å². The summed E-state index contributed by atoms with van der Waals surface area (Å²) in [6.45, 7) is 5.56. The van der Waals surface area contributed by atoms with Gasteiger partial charge in [0.1, 0.15) is 5.54 Å². The fourth-order valence-electron chi connectivity index (χ4n) is 3.44. The van der Waals surface area contributed by atoms with Gasteiger partial charge in [0.25, 0.3) is 0 Å². The van der Waals surface area contributed by atoms with E-state index in [2.05, 4.69) is 30.3 Å². The van der Waals surface area contributed by atoms with Crippen LogP contribution in [0.15, 0.2) is 0 Å². The van der Waals surface area contributed by atoms with Crippen LogP contribution in [-0.4, -0.2) is 37.1 Å². The number of hydrogen-bond donors (Lipinski definition) is 1. The molecule has 0 aromatic rings. The minimum atomic E-state index is -0.226. The zero-order valence-corrected chi connectivity index (χ0v) is 12.6. The van der Waals surface area contributed by atoms with Crippen LogP contribution in [0.1, 0.15) is 51.9 Å². The molecule has 0 aliphatic heterocycles. The number of nitriles is 1. The molecule has 2 atom stereocenters. The Morgan fingerprint density at radius 1 is 1.37 bits per heavy atom. The van der Waals surface area contributed by atoms with Crippen molar-refractivity contribution in [3.8, 4) is 6.07 Å². The molecule has 108 valence electrons. The van der Waals surface area contributed by atoms with Gasteiger partial charge in [0.15, 0.2) is 0 Å². The molecule has 0 radical (unpaired) electrons. The molecule has 1 N–H and O–H groups in total. The summed E-state index contributed by atoms with van der Waals surface area (Å²) >= 11 is 0. The first-order valence-corrected chi connectivity index (χ1v) is 8.05. The SMILES string of the molecule is CCCNC1(C#N)CCCC1CCN(C)CC1CC1. The van der Waals surface area contributed by atoms with E-state index in [0.717, 1.165) is 31.8 Å². The molecule has 0 aromatic carbocycles. The van der Waals surface area contributed by atoms with Crippen LogP contribution in [0, 0.1) is 23.2 Å². The molecule has 0 amide bonds. The fourth-order valence-corrected chi connectivity index (χ4v) is 3.44. The van der Waals surface area contributed by atoms with E-state index < -0.39 is 0 Å². The van der Waals surface area contributed by atoms with Crippen molar-refractivity contribution in [2.75, 3.05) is 26.7 Å². The monoisotopic (exact) mass is 263 g/mol. The van der Waals surface area contributed by atoms with Crippen molar-refractivity contribution in [2.45, 2.75) is 57.4 Å². The minimum Gasteiger partial charge on any atom is -0.306 e. The first-order chi connectivity index (χ1) is 9.20. The van der Waals surface area contributed by atoms with E-state index in [9.17, 15) is 5.26 Å². The van der Waals surface area contributed by atoms with E-state index in [-0.39, 0.29) is 5.54 Å². The predicted molar refractivity (Wildman–Crippen MR) is 78.8 cm³/mol. The van der Waals surface area contributed by atoms with Gasteiger partial charge < -0.3 is 4.90 Å². The summed E-state index contributed by atoms with van der Waals surface area (Å²) in [4.78, 5) is 2.47. The van der Waals surface area contributed by atoms with Crippen molar-refractivity contribution in [2.24, 2.45) is 11.8 Å². The smallest absolute Gasteiger partial charge is 0.109 e. The maximum absolute atomic E-state index is 9.61. The maximum Gasteiger partial charge on any atom is 0.109 e. The number of hydrogen-bond acceptors (Lipinski definition) is 3. The van der Waals surface area contributed by atoms with Gasteiger partial charge in [-0.3, -0.25) is 5.32 Å². The molecule has 2 fully saturated rings. The van der Waals surface area contributed by atoms with E-state index in [0.29, 0.717) is 5.92 Å². The van der Waals surface area contributed by atoms with Crippen LogP contribution in [0.4, 0.5) is 0 Å². The molecular weight excluding hydrogens is 234 g/mol. The average Bonchev–Trinajstić information content (AvgIpc) is 3.13. The molecule has 3 heteroatoms. The molecule has 2 aliphatic carbocycles. The van der Waals surface area contributed by atoms with Gasteiger partial charge in [-0.15, -0.1) is 0 Å². The maximum atomic E-state index is 9.61. The highest BCUT2D eigenvalue weighted by Gasteiger charge is 2.42. The zero-order valence-electron chi connectivity index (χ0n) is 12.6. The first-order valence-electron chi connectivity index (χ1n) is 8.05. The van der Waals surface area contributed by atoms with Gasteiger partial charge in [0.2, 0.25) is 0 Å². The highest BCUT2D eigenvalue weighted by atomic mass is 15.1. The summed E-state index contributed by atoms with van der Waals surface area (Å²) in [7, 11) is 2.24. The van der Waals surface area contributed by atoms with Gasteiger partial charge in [-0.05, 0) is 70.5 Å². The van der Waals surface area contributed by atoms with E-state index in [1.165, 1.54) is 38.6 Å². The topological polar surface area (TPSA) is 39.1 Å². The summed E-state index contributed by atoms with van der Waals surface area (Å²) in [6, 6.07) is 2.61. The predicted octanol–water partition coefficient (Wildman–Crippen LogP) is 2.78. The molecular formula is C16H29N3. The lowest BCUT2D eigenvalue weighted by Crippen LogP contribution is -2.48. The Kier molecular flexibility index (Phi) is 5.24. The fraction of sp³-hybridized carbons (Fsp3) is 0.938. The Morgan fingerprint density at radius 3 is 2.79 bits per heavy atom. The Labute approximate surface area is 118 Å². The molecule has 0 bridgehead atoms. The van der Waals surface area contributed by atoms with Crippen LogP contribution in [0.3, 0.4) is 0 Å². The van der Waals surface area contributed by atoms with Crippen LogP contribution >= 0.6 is 0 Å². The largest absolute Gasteiger partial charge is 0.306 e. The van der Waals surface area contributed by atoms with Crippen LogP contribution in [0.25, 0.3) is 0 Å². The van der Waals surface area contributed by atoms with Crippen LogP contribution in [0.5, 0.6) is 0 Å². The second-order valence-electron chi connectivity index (χ2n) is 6.59. The molecule has 0 saturated heterocycles. The van der Waals surface area contributed by atoms with Crippen LogP contribution in [-0.2, 0) is 0 Å². The van der Waals surface area contributed by atoms with Crippen molar-refractivity contribution in [1.29, 1.82) is 5.26 Å². The van der Waals surface area contributed by atoms with Crippen molar-refractivity contribution >= 4 is 0 Å². The summed E-state index contributed by atoms with van der Waals surface area (Å²) < 4.78 is 0. The lowest BCUT2D eigenvalue weighted by Gasteiger charge is -2.31. The van der Waals surface area contributed by atoms with Crippen LogP contribution < -0.4 is 5.32 Å². The van der Waals surface area contributed by atoms with Crippen molar-refractivity contribution in [3.63, 3.8) is 0 Å². The third-order valence-electron chi connectivity index (χ3n) is 4.84. The lowest BCUT2D eigenvalue weighted by atomic mass is 9.85. The summed E-state index contributed by atoms with van der Waals surface area (Å²) in [6.07, 6.45) is 8.61. The van der Waals surface area contributed by atoms with Gasteiger partial charge in [-0.1, -0.05) is 13.3 Å². The lowest BCUT2D eigenvalue weighted by molar-refractivity contribution is 0.245. The standard InChI is InChI=1S/C16H29N3/c1-3-10-18-16(13-17)9-4-5-15(16)8-11-19(2)12-14-6-7-14/h14-15,18H,3-12H2,1-2H3. The Hall–Kier alpha value is -0.590. The zero-order chi connectivity index (χ0) is 13.7. The van der Waals surface area contributed by atoms with E-state index in [1.807, 2.05) is 0 Å². The Balaban J connectivity index is 1.81. The van der Waals surface area contributed by atoms with Gasteiger partial charge in [0.05, 0.1) is 6.07 Å². The third kappa shape index (κ3) is 3.94. The van der Waals surface area contributed by atoms with Gasteiger partial charge in [-0.25, -0.2) is 0 Å². The third-order valence-corrected chi connectivity index (χ3v) is 4.84. The Bertz CT molecular complexity index is 318. The molecule has 2 rings (SSSR count). The summed E-state index contributed by atoms with van der Waals surface area (Å²) in [5.74, 6) is 1.51. The Morgan fingerprint density at radius 2 is 2.16 bits per heavy atom. The first kappa shape index (κ1) is 14.8. The molecule has 0 heterocycles. The van der Waals surface area contributed by atoms with Crippen molar-refractivity contribution in [1.82, 2.24) is 10.2 Å². The van der Waals surface area contributed by atoms with Gasteiger partial charge in [0, 0.05) is 6.54 Å². The van der Waals surface area contributed by atoms with Crippen LogP contribution in [0.2, 0.25) is 0 Å². The minimum absolute atomic E-state index is 0.226. The van der Waals surface area contributed by atoms with Crippen molar-refractivity contribution in [3.05, 3.63) is 0 Å². The summed E-state index contributed by atoms with van der Waals surface area (Å²) in [5.41, 5.74) is -0.226. The van der Waals surface area contributed by atoms with Crippen molar-refractivity contribution < 1.29 is 0 Å². The quantitative estimate of drug-likeness (QED) is 0.732. The summed E-state index contributed by atoms with van der Waals surface area (Å²) in [5, 5.41) is 13.1. The molecule has 3 nitrogen and oxygen atoms in total. The molecule has 2 aliphatic rings. The highest BCUT2D eigenvalue weighted by Crippen LogP contribution is 2.38. The van der Waals surface area contributed by atoms with Gasteiger partial charge in [-0.2, -0.15) is 5.26 Å². The van der Waals surface area contributed by atoms with E-state index in [4.69, 9.17) is 0 Å². The van der Waals surface area contributed by atoms with E-state index in [1.54, 1.807) is 0 Å². The molecule has 2 unspecified atom stereocenters. The number of rotatable bonds is 8. The number of nitrogens with one attached hydrogen (secondary N) is 1. The molecule has 19 heavy (non-hydrogen) atoms. The number of nitrogens with zero attached hydrogens (tertiary/aromatic N) is 2.